The van der Waals surface area contributed by atoms with Crippen molar-refractivity contribution in [1.29, 1.82) is 0 Å². The number of benzene rings is 1. The third kappa shape index (κ3) is 3.51. The van der Waals surface area contributed by atoms with Gasteiger partial charge < -0.3 is 4.42 Å². The maximum absolute atomic E-state index is 10.8. The van der Waals surface area contributed by atoms with E-state index in [1.54, 1.807) is 6.07 Å². The molecular weight excluding hydrogens is 337 g/mol. The summed E-state index contributed by atoms with van der Waals surface area (Å²) in [6.45, 7) is 0. The summed E-state index contributed by atoms with van der Waals surface area (Å²) in [7, 11) is 0. The third-order valence-corrected chi connectivity index (χ3v) is 3.06. The minimum Gasteiger partial charge on any atom is -0.421 e. The number of non-ortho nitro benzene ring substituents is 1. The molecule has 0 saturated heterocycles. The lowest BCUT2D eigenvalue weighted by Gasteiger charge is -1.97. The van der Waals surface area contributed by atoms with E-state index in [4.69, 9.17) is 16.0 Å². The van der Waals surface area contributed by atoms with E-state index in [1.807, 2.05) is 0 Å². The van der Waals surface area contributed by atoms with Crippen LogP contribution in [0.4, 0.5) is 5.69 Å². The van der Waals surface area contributed by atoms with Crippen LogP contribution in [0.3, 0.4) is 0 Å². The molecule has 100 valence electrons. The molecule has 8 heteroatoms. The first-order chi connectivity index (χ1) is 9.10. The van der Waals surface area contributed by atoms with E-state index in [0.29, 0.717) is 28.2 Å². The first-order valence-electron chi connectivity index (χ1n) is 5.44. The molecular formula is C11H9BrClN3O3. The number of rotatable bonds is 5. The minimum absolute atomic E-state index is 0.0371. The van der Waals surface area contributed by atoms with Crippen molar-refractivity contribution in [2.45, 2.75) is 12.8 Å². The van der Waals surface area contributed by atoms with Gasteiger partial charge in [-0.2, -0.15) is 0 Å². The van der Waals surface area contributed by atoms with E-state index in [1.165, 1.54) is 12.1 Å². The topological polar surface area (TPSA) is 82.1 Å². The van der Waals surface area contributed by atoms with Crippen molar-refractivity contribution in [2.75, 3.05) is 5.88 Å². The average Bonchev–Trinajstić information content (AvgIpc) is 2.84. The molecule has 0 N–H and O–H groups in total. The van der Waals surface area contributed by atoms with Gasteiger partial charge in [-0.15, -0.1) is 21.8 Å². The fourth-order valence-corrected chi connectivity index (χ4v) is 2.11. The number of alkyl halides is 1. The Morgan fingerprint density at radius 1 is 1.37 bits per heavy atom. The SMILES string of the molecule is O=[N+]([O-])c1cc(Br)cc(-c2nnc(CCCCl)o2)c1. The van der Waals surface area contributed by atoms with Gasteiger partial charge >= 0.3 is 0 Å². The maximum Gasteiger partial charge on any atom is 0.271 e. The van der Waals surface area contributed by atoms with E-state index >= 15 is 0 Å². The van der Waals surface area contributed by atoms with E-state index in [0.717, 1.165) is 6.42 Å². The molecule has 2 aromatic rings. The normalized spacial score (nSPS) is 10.6. The number of halogens is 2. The van der Waals surface area contributed by atoms with E-state index in [9.17, 15) is 10.1 Å². The molecule has 0 radical (unpaired) electrons. The van der Waals surface area contributed by atoms with Gasteiger partial charge in [0.05, 0.1) is 4.92 Å². The van der Waals surface area contributed by atoms with Gasteiger partial charge in [0.1, 0.15) is 0 Å². The molecule has 1 aromatic heterocycles. The summed E-state index contributed by atoms with van der Waals surface area (Å²) in [6.07, 6.45) is 1.33. The second-order valence-corrected chi connectivity index (χ2v) is 5.04. The van der Waals surface area contributed by atoms with Crippen molar-refractivity contribution in [3.05, 3.63) is 38.7 Å². The van der Waals surface area contributed by atoms with Gasteiger partial charge in [0.25, 0.3) is 5.69 Å². The molecule has 0 bridgehead atoms. The van der Waals surface area contributed by atoms with Crippen molar-refractivity contribution in [2.24, 2.45) is 0 Å². The Balaban J connectivity index is 2.30. The summed E-state index contributed by atoms with van der Waals surface area (Å²) in [5, 5.41) is 18.5. The van der Waals surface area contributed by atoms with Crippen molar-refractivity contribution in [3.8, 4) is 11.5 Å². The lowest BCUT2D eigenvalue weighted by atomic mass is 10.2. The summed E-state index contributed by atoms with van der Waals surface area (Å²) >= 11 is 8.80. The lowest BCUT2D eigenvalue weighted by molar-refractivity contribution is -0.384. The van der Waals surface area contributed by atoms with Crippen LogP contribution < -0.4 is 0 Å². The van der Waals surface area contributed by atoms with Gasteiger partial charge in [-0.1, -0.05) is 15.9 Å². The molecule has 0 aliphatic carbocycles. The van der Waals surface area contributed by atoms with E-state index in [-0.39, 0.29) is 11.6 Å². The molecule has 6 nitrogen and oxygen atoms in total. The van der Waals surface area contributed by atoms with Gasteiger partial charge in [0.2, 0.25) is 11.8 Å². The van der Waals surface area contributed by atoms with Gasteiger partial charge in [-0.05, 0) is 12.5 Å². The highest BCUT2D eigenvalue weighted by molar-refractivity contribution is 9.10. The molecule has 0 amide bonds. The minimum atomic E-state index is -0.473. The molecule has 0 aliphatic heterocycles. The number of nitrogens with zero attached hydrogens (tertiary/aromatic N) is 3. The molecule has 0 fully saturated rings. The van der Waals surface area contributed by atoms with Crippen molar-refractivity contribution >= 4 is 33.2 Å². The van der Waals surface area contributed by atoms with Crippen LogP contribution in [-0.2, 0) is 6.42 Å². The first kappa shape index (κ1) is 14.0. The highest BCUT2D eigenvalue weighted by atomic mass is 79.9. The Bertz CT molecular complexity index is 603. The second kappa shape index (κ2) is 6.12. The van der Waals surface area contributed by atoms with Crippen LogP contribution in [0.1, 0.15) is 12.3 Å². The number of aryl methyl sites for hydroxylation is 1. The molecule has 1 aromatic carbocycles. The highest BCUT2D eigenvalue weighted by Gasteiger charge is 2.14. The van der Waals surface area contributed by atoms with E-state index < -0.39 is 4.92 Å². The van der Waals surface area contributed by atoms with Gasteiger partial charge in [0, 0.05) is 34.5 Å². The summed E-state index contributed by atoms with van der Waals surface area (Å²) in [6, 6.07) is 4.49. The predicted octanol–water partition coefficient (Wildman–Crippen LogP) is 3.58. The largest absolute Gasteiger partial charge is 0.421 e. The number of hydrogen-bond acceptors (Lipinski definition) is 5. The fourth-order valence-electron chi connectivity index (χ4n) is 1.49. The smallest absolute Gasteiger partial charge is 0.271 e. The molecule has 0 spiro atoms. The first-order valence-corrected chi connectivity index (χ1v) is 6.76. The van der Waals surface area contributed by atoms with Crippen LogP contribution in [-0.4, -0.2) is 21.0 Å². The Hall–Kier alpha value is -1.47. The number of nitro groups is 1. The average molecular weight is 347 g/mol. The number of nitro benzene ring substituents is 1. The Morgan fingerprint density at radius 3 is 2.84 bits per heavy atom. The third-order valence-electron chi connectivity index (χ3n) is 2.33. The highest BCUT2D eigenvalue weighted by Crippen LogP contribution is 2.28. The van der Waals surface area contributed by atoms with Crippen molar-refractivity contribution in [1.82, 2.24) is 10.2 Å². The number of hydrogen-bond donors (Lipinski definition) is 0. The fraction of sp³-hybridized carbons (Fsp3) is 0.273. The predicted molar refractivity (Wildman–Crippen MR) is 73.1 cm³/mol. The zero-order chi connectivity index (χ0) is 13.8. The van der Waals surface area contributed by atoms with Crippen LogP contribution in [0.2, 0.25) is 0 Å². The van der Waals surface area contributed by atoms with Crippen molar-refractivity contribution < 1.29 is 9.34 Å². The van der Waals surface area contributed by atoms with Crippen LogP contribution in [0, 0.1) is 10.1 Å². The quantitative estimate of drug-likeness (QED) is 0.469. The van der Waals surface area contributed by atoms with Gasteiger partial charge in [0.15, 0.2) is 0 Å². The summed E-state index contributed by atoms with van der Waals surface area (Å²) < 4.78 is 6.02. The maximum atomic E-state index is 10.8. The van der Waals surface area contributed by atoms with Crippen molar-refractivity contribution in [3.63, 3.8) is 0 Å². The van der Waals surface area contributed by atoms with Crippen LogP contribution in [0.25, 0.3) is 11.5 Å². The Labute approximate surface area is 122 Å². The second-order valence-electron chi connectivity index (χ2n) is 3.75. The Kier molecular flexibility index (Phi) is 4.49. The molecule has 1 heterocycles. The molecule has 0 atom stereocenters. The summed E-state index contributed by atoms with van der Waals surface area (Å²) in [4.78, 5) is 10.3. The zero-order valence-corrected chi connectivity index (χ0v) is 12.0. The number of aromatic nitrogens is 2. The summed E-state index contributed by atoms with van der Waals surface area (Å²) in [5.41, 5.74) is 0.468. The molecule has 2 rings (SSSR count). The Morgan fingerprint density at radius 2 is 2.16 bits per heavy atom. The van der Waals surface area contributed by atoms with Gasteiger partial charge in [-0.3, -0.25) is 10.1 Å². The standard InChI is InChI=1S/C11H9BrClN3O3/c12-8-4-7(5-9(6-8)16(17)18)11-15-14-10(19-11)2-1-3-13/h4-6H,1-3H2. The molecule has 0 aliphatic rings. The lowest BCUT2D eigenvalue weighted by Crippen LogP contribution is -1.89. The van der Waals surface area contributed by atoms with Crippen LogP contribution in [0.15, 0.2) is 27.1 Å². The molecule has 19 heavy (non-hydrogen) atoms. The monoisotopic (exact) mass is 345 g/mol. The van der Waals surface area contributed by atoms with E-state index in [2.05, 4.69) is 26.1 Å². The van der Waals surface area contributed by atoms with Crippen LogP contribution in [0.5, 0.6) is 0 Å². The van der Waals surface area contributed by atoms with Gasteiger partial charge in [-0.25, -0.2) is 0 Å². The summed E-state index contributed by atoms with van der Waals surface area (Å²) in [5.74, 6) is 1.24. The van der Waals surface area contributed by atoms with Crippen LogP contribution >= 0.6 is 27.5 Å². The molecule has 0 unspecified atom stereocenters. The zero-order valence-electron chi connectivity index (χ0n) is 9.68. The molecule has 0 saturated carbocycles.